The number of carbonyl (C=O) groups excluding carboxylic acids is 1. The Bertz CT molecular complexity index is 362. The number of thiol groups is 1. The van der Waals surface area contributed by atoms with Crippen LogP contribution in [0.1, 0.15) is 17.5 Å². The van der Waals surface area contributed by atoms with E-state index in [2.05, 4.69) is 30.1 Å². The molecule has 14 heavy (non-hydrogen) atoms. The van der Waals surface area contributed by atoms with Gasteiger partial charge in [0.15, 0.2) is 0 Å². The summed E-state index contributed by atoms with van der Waals surface area (Å²) in [6.07, 6.45) is 2.46. The zero-order chi connectivity index (χ0) is 9.97. The molecule has 0 radical (unpaired) electrons. The summed E-state index contributed by atoms with van der Waals surface area (Å²) in [5.41, 5.74) is 3.53. The summed E-state index contributed by atoms with van der Waals surface area (Å²) >= 11 is 4.20. The van der Waals surface area contributed by atoms with Crippen molar-refractivity contribution in [2.45, 2.75) is 19.3 Å². The highest BCUT2D eigenvalue weighted by molar-refractivity contribution is 7.80. The maximum absolute atomic E-state index is 11.1. The van der Waals surface area contributed by atoms with E-state index >= 15 is 0 Å². The molecule has 0 aliphatic carbocycles. The lowest BCUT2D eigenvalue weighted by molar-refractivity contribution is -0.116. The minimum atomic E-state index is 0.124. The summed E-state index contributed by atoms with van der Waals surface area (Å²) in [4.78, 5) is 11.1. The van der Waals surface area contributed by atoms with Crippen molar-refractivity contribution < 1.29 is 4.79 Å². The van der Waals surface area contributed by atoms with Gasteiger partial charge in [0.05, 0.1) is 0 Å². The van der Waals surface area contributed by atoms with E-state index in [9.17, 15) is 4.79 Å². The van der Waals surface area contributed by atoms with Crippen LogP contribution >= 0.6 is 12.6 Å². The number of benzene rings is 1. The quantitative estimate of drug-likeness (QED) is 0.714. The maximum Gasteiger partial charge on any atom is 0.224 e. The van der Waals surface area contributed by atoms with Crippen LogP contribution < -0.4 is 5.32 Å². The molecule has 2 rings (SSSR count). The minimum Gasteiger partial charge on any atom is -0.326 e. The number of carbonyl (C=O) groups is 1. The molecule has 0 saturated carbocycles. The zero-order valence-electron chi connectivity index (χ0n) is 7.92. The van der Waals surface area contributed by atoms with E-state index in [1.54, 1.807) is 0 Å². The highest BCUT2D eigenvalue weighted by Crippen LogP contribution is 2.23. The van der Waals surface area contributed by atoms with Gasteiger partial charge in [-0.25, -0.2) is 0 Å². The van der Waals surface area contributed by atoms with Gasteiger partial charge in [0.2, 0.25) is 5.91 Å². The van der Waals surface area contributed by atoms with Crippen LogP contribution in [-0.4, -0.2) is 11.7 Å². The molecule has 1 aliphatic rings. The Balaban J connectivity index is 2.26. The standard InChI is InChI=1S/C11H13NOS/c13-11-4-2-9-7-8(5-6-14)1-3-10(9)12-11/h1,3,7,14H,2,4-6H2,(H,12,13). The van der Waals surface area contributed by atoms with Crippen molar-refractivity contribution in [3.05, 3.63) is 29.3 Å². The Hall–Kier alpha value is -0.960. The van der Waals surface area contributed by atoms with Crippen LogP contribution in [0.25, 0.3) is 0 Å². The van der Waals surface area contributed by atoms with Gasteiger partial charge in [-0.2, -0.15) is 12.6 Å². The van der Waals surface area contributed by atoms with Crippen LogP contribution in [-0.2, 0) is 17.6 Å². The molecule has 0 spiro atoms. The summed E-state index contributed by atoms with van der Waals surface area (Å²) < 4.78 is 0. The van der Waals surface area contributed by atoms with Crippen molar-refractivity contribution in [3.63, 3.8) is 0 Å². The van der Waals surface area contributed by atoms with Gasteiger partial charge in [-0.1, -0.05) is 12.1 Å². The van der Waals surface area contributed by atoms with Crippen molar-refractivity contribution in [3.8, 4) is 0 Å². The Morgan fingerprint density at radius 3 is 3.00 bits per heavy atom. The second-order valence-electron chi connectivity index (χ2n) is 3.51. The summed E-state index contributed by atoms with van der Waals surface area (Å²) in [5.74, 6) is 0.991. The first-order valence-corrected chi connectivity index (χ1v) is 5.45. The molecule has 0 bridgehead atoms. The van der Waals surface area contributed by atoms with Crippen molar-refractivity contribution >= 4 is 24.2 Å². The molecule has 2 nitrogen and oxygen atoms in total. The van der Waals surface area contributed by atoms with E-state index in [-0.39, 0.29) is 5.91 Å². The molecule has 0 fully saturated rings. The second kappa shape index (κ2) is 4.05. The van der Waals surface area contributed by atoms with Crippen LogP contribution in [0.3, 0.4) is 0 Å². The van der Waals surface area contributed by atoms with Gasteiger partial charge in [0.1, 0.15) is 0 Å². The number of anilines is 1. The number of aryl methyl sites for hydroxylation is 2. The topological polar surface area (TPSA) is 29.1 Å². The third-order valence-corrected chi connectivity index (χ3v) is 2.69. The molecule has 1 N–H and O–H groups in total. The predicted octanol–water partition coefficient (Wildman–Crippen LogP) is 2.04. The zero-order valence-corrected chi connectivity index (χ0v) is 8.81. The number of fused-ring (bicyclic) bond motifs is 1. The van der Waals surface area contributed by atoms with Gasteiger partial charge in [-0.15, -0.1) is 0 Å². The largest absolute Gasteiger partial charge is 0.326 e. The number of hydrogen-bond acceptors (Lipinski definition) is 2. The van der Waals surface area contributed by atoms with Crippen molar-refractivity contribution in [2.24, 2.45) is 0 Å². The molecule has 1 aromatic rings. The maximum atomic E-state index is 11.1. The third kappa shape index (κ3) is 1.93. The van der Waals surface area contributed by atoms with Crippen molar-refractivity contribution in [1.29, 1.82) is 0 Å². The monoisotopic (exact) mass is 207 g/mol. The van der Waals surface area contributed by atoms with E-state index in [4.69, 9.17) is 0 Å². The highest BCUT2D eigenvalue weighted by Gasteiger charge is 2.14. The molecular formula is C11H13NOS. The normalized spacial score (nSPS) is 14.8. The first-order chi connectivity index (χ1) is 6.79. The van der Waals surface area contributed by atoms with E-state index in [1.807, 2.05) is 6.07 Å². The van der Waals surface area contributed by atoms with Gasteiger partial charge in [-0.3, -0.25) is 4.79 Å². The predicted molar refractivity (Wildman–Crippen MR) is 60.9 cm³/mol. The van der Waals surface area contributed by atoms with E-state index in [0.29, 0.717) is 6.42 Å². The lowest BCUT2D eigenvalue weighted by atomic mass is 9.99. The minimum absolute atomic E-state index is 0.124. The van der Waals surface area contributed by atoms with Gasteiger partial charge in [0, 0.05) is 12.1 Å². The first-order valence-electron chi connectivity index (χ1n) is 4.82. The average molecular weight is 207 g/mol. The summed E-state index contributed by atoms with van der Waals surface area (Å²) in [6, 6.07) is 6.22. The van der Waals surface area contributed by atoms with Crippen LogP contribution in [0.15, 0.2) is 18.2 Å². The van der Waals surface area contributed by atoms with Crippen LogP contribution in [0, 0.1) is 0 Å². The number of nitrogens with one attached hydrogen (secondary N) is 1. The van der Waals surface area contributed by atoms with E-state index in [1.165, 1.54) is 11.1 Å². The van der Waals surface area contributed by atoms with E-state index < -0.39 is 0 Å². The summed E-state index contributed by atoms with van der Waals surface area (Å²) in [6.45, 7) is 0. The fraction of sp³-hybridized carbons (Fsp3) is 0.364. The van der Waals surface area contributed by atoms with Crippen LogP contribution in [0.5, 0.6) is 0 Å². The Labute approximate surface area is 89.1 Å². The third-order valence-electron chi connectivity index (χ3n) is 2.47. The second-order valence-corrected chi connectivity index (χ2v) is 3.96. The number of rotatable bonds is 2. The number of amides is 1. The van der Waals surface area contributed by atoms with Crippen molar-refractivity contribution in [2.75, 3.05) is 11.1 Å². The first kappa shape index (κ1) is 9.59. The highest BCUT2D eigenvalue weighted by atomic mass is 32.1. The van der Waals surface area contributed by atoms with Gasteiger partial charge in [-0.05, 0) is 35.8 Å². The lowest BCUT2D eigenvalue weighted by Crippen LogP contribution is -2.18. The molecule has 74 valence electrons. The Morgan fingerprint density at radius 1 is 1.36 bits per heavy atom. The summed E-state index contributed by atoms with van der Waals surface area (Å²) in [5, 5.41) is 2.87. The fourth-order valence-corrected chi connectivity index (χ4v) is 1.98. The lowest BCUT2D eigenvalue weighted by Gasteiger charge is -2.17. The molecule has 0 saturated heterocycles. The Morgan fingerprint density at radius 2 is 2.21 bits per heavy atom. The fourth-order valence-electron chi connectivity index (χ4n) is 1.72. The SMILES string of the molecule is O=C1CCc2cc(CCS)ccc2N1. The van der Waals surface area contributed by atoms with Gasteiger partial charge >= 0.3 is 0 Å². The number of hydrogen-bond donors (Lipinski definition) is 2. The van der Waals surface area contributed by atoms with Gasteiger partial charge in [0.25, 0.3) is 0 Å². The molecule has 0 aromatic heterocycles. The molecule has 1 aromatic carbocycles. The van der Waals surface area contributed by atoms with Crippen LogP contribution in [0.4, 0.5) is 5.69 Å². The average Bonchev–Trinajstić information content (AvgIpc) is 2.19. The molecule has 1 amide bonds. The molecule has 3 heteroatoms. The molecular weight excluding hydrogens is 194 g/mol. The Kier molecular flexibility index (Phi) is 2.77. The molecule has 1 aliphatic heterocycles. The van der Waals surface area contributed by atoms with Gasteiger partial charge < -0.3 is 5.32 Å². The molecule has 0 atom stereocenters. The van der Waals surface area contributed by atoms with Crippen molar-refractivity contribution in [1.82, 2.24) is 0 Å². The summed E-state index contributed by atoms with van der Waals surface area (Å²) in [7, 11) is 0. The van der Waals surface area contributed by atoms with E-state index in [0.717, 1.165) is 24.3 Å². The molecule has 1 heterocycles. The smallest absolute Gasteiger partial charge is 0.224 e. The van der Waals surface area contributed by atoms with Crippen LogP contribution in [0.2, 0.25) is 0 Å². The molecule has 0 unspecified atom stereocenters.